The Labute approximate surface area is 606 Å². The van der Waals surface area contributed by atoms with Gasteiger partial charge < -0.3 is 28.4 Å². The first kappa shape index (κ1) is 66.9. The van der Waals surface area contributed by atoms with Crippen molar-refractivity contribution in [2.45, 2.75) is 58.9 Å². The van der Waals surface area contributed by atoms with Gasteiger partial charge in [-0.05, 0) is 77.1 Å². The third kappa shape index (κ3) is 13.1. The molecule has 3 aliphatic heterocycles. The molecule has 3 fully saturated rings. The summed E-state index contributed by atoms with van der Waals surface area (Å²) in [5.41, 5.74) is 14.6. The minimum absolute atomic E-state index is 0.107. The zero-order valence-electron chi connectivity index (χ0n) is 55.7. The minimum Gasteiger partial charge on any atom is -0.366 e. The molecule has 3 atom stereocenters. The summed E-state index contributed by atoms with van der Waals surface area (Å²) >= 11 is 43.0. The number of fused-ring (bicyclic) bond motifs is 3. The number of piperazine rings is 3. The highest BCUT2D eigenvalue weighted by Crippen LogP contribution is 2.46. The van der Waals surface area contributed by atoms with Gasteiger partial charge in [-0.15, -0.1) is 0 Å². The van der Waals surface area contributed by atoms with Gasteiger partial charge in [0.25, 0.3) is 0 Å². The lowest BCUT2D eigenvalue weighted by Gasteiger charge is -2.40. The zero-order valence-corrected chi connectivity index (χ0v) is 60.3. The van der Waals surface area contributed by atoms with E-state index in [9.17, 15) is 0 Å². The van der Waals surface area contributed by atoms with Gasteiger partial charge in [-0.2, -0.15) is 0 Å². The maximum Gasteiger partial charge on any atom is 0.131 e. The van der Waals surface area contributed by atoms with E-state index in [4.69, 9.17) is 94.5 Å². The monoisotopic (exact) mass is 1440 g/mol. The van der Waals surface area contributed by atoms with Crippen LogP contribution in [0.4, 0.5) is 17.1 Å². The van der Waals surface area contributed by atoms with Crippen LogP contribution in [0, 0.1) is 11.8 Å². The van der Waals surface area contributed by atoms with Crippen molar-refractivity contribution in [1.82, 2.24) is 68.3 Å². The first-order chi connectivity index (χ1) is 48.1. The normalized spacial score (nSPS) is 16.3. The van der Waals surface area contributed by atoms with E-state index in [1.54, 1.807) is 24.8 Å². The number of halogens is 6. The van der Waals surface area contributed by atoms with E-state index in [1.807, 2.05) is 43.0 Å². The Kier molecular flexibility index (Phi) is 19.3. The van der Waals surface area contributed by atoms with Crippen LogP contribution in [-0.4, -0.2) is 147 Å². The lowest BCUT2D eigenvalue weighted by molar-refractivity contribution is 0.201. The molecule has 0 saturated carbocycles. The van der Waals surface area contributed by atoms with Crippen molar-refractivity contribution >= 4 is 120 Å². The molecule has 0 spiro atoms. The van der Waals surface area contributed by atoms with Crippen LogP contribution in [0.2, 0.25) is 30.1 Å². The number of aromatic nitrogens is 11. The summed E-state index contributed by atoms with van der Waals surface area (Å²) in [6.07, 6.45) is 14.4. The molecule has 506 valence electrons. The molecular weight excluding hydrogens is 1360 g/mol. The van der Waals surface area contributed by atoms with Crippen LogP contribution in [0.3, 0.4) is 0 Å². The summed E-state index contributed by atoms with van der Waals surface area (Å²) in [7, 11) is 2.10. The first-order valence-corrected chi connectivity index (χ1v) is 36.1. The van der Waals surface area contributed by atoms with Crippen molar-refractivity contribution in [2.75, 3.05) is 93.2 Å². The van der Waals surface area contributed by atoms with Crippen LogP contribution in [-0.2, 0) is 20.1 Å². The van der Waals surface area contributed by atoms with Crippen LogP contribution in [0.5, 0.6) is 0 Å². The largest absolute Gasteiger partial charge is 0.366 e. The van der Waals surface area contributed by atoms with E-state index < -0.39 is 0 Å². The number of anilines is 3. The number of benzene rings is 4. The zero-order chi connectivity index (χ0) is 68.2. The summed E-state index contributed by atoms with van der Waals surface area (Å²) in [6.45, 7) is 18.9. The van der Waals surface area contributed by atoms with Gasteiger partial charge in [-0.1, -0.05) is 164 Å². The summed E-state index contributed by atoms with van der Waals surface area (Å²) in [4.78, 5) is 53.9. The van der Waals surface area contributed by atoms with E-state index in [0.29, 0.717) is 86.7 Å². The molecule has 8 aromatic heterocycles. The summed E-state index contributed by atoms with van der Waals surface area (Å²) in [5.74, 6) is 3.50. The summed E-state index contributed by atoms with van der Waals surface area (Å²) < 4.78 is 6.99. The average molecular weight is 1440 g/mol. The molecule has 99 heavy (non-hydrogen) atoms. The average Bonchev–Trinajstić information content (AvgIpc) is 1.66. The molecule has 12 aromatic rings. The molecule has 0 aliphatic carbocycles. The number of hydrogen-bond acceptors (Lipinski definition) is 14. The van der Waals surface area contributed by atoms with Gasteiger partial charge in [-0.25, -0.2) is 15.0 Å². The van der Waals surface area contributed by atoms with Gasteiger partial charge >= 0.3 is 0 Å². The molecule has 3 unspecified atom stereocenters. The van der Waals surface area contributed by atoms with Crippen molar-refractivity contribution in [2.24, 2.45) is 18.9 Å². The fraction of sp³-hybridized carbons (Fsp3) is 0.316. The Bertz CT molecular complexity index is 4870. The molecule has 3 saturated heterocycles. The van der Waals surface area contributed by atoms with E-state index in [1.165, 1.54) is 5.56 Å². The minimum atomic E-state index is -0.241. The van der Waals surface area contributed by atoms with Crippen molar-refractivity contribution in [3.8, 4) is 22.5 Å². The Balaban J connectivity index is 0.698. The van der Waals surface area contributed by atoms with Gasteiger partial charge in [0.15, 0.2) is 0 Å². The van der Waals surface area contributed by atoms with E-state index in [2.05, 4.69) is 190 Å². The summed E-state index contributed by atoms with van der Waals surface area (Å²) in [6, 6.07) is 39.5. The number of aryl methyl sites for hydroxylation is 1. The topological polar surface area (TPSA) is 137 Å². The SMILES string of the molecule is CC(C)Cn1c(C(c2ccccc2)N2CCN(c3c(Cl)cncc3Cl)CC2)nc2ccc(-c3ncc(Cl)c(N4CCN(C(c5cccnc5)c5nc6ccc(-c7ncc(Cl)c(N8CCN(C(c9cccnc9)c9nc%10ccccc%10n9C)CC8)c7Cl)cc6n5CC(C)C)CC4)c3Cl)cc21. The van der Waals surface area contributed by atoms with Crippen LogP contribution >= 0.6 is 69.6 Å². The number of hydrogen-bond donors (Lipinski definition) is 0. The quantitative estimate of drug-likeness (QED) is 0.0805. The Morgan fingerprint density at radius 2 is 0.768 bits per heavy atom. The highest BCUT2D eigenvalue weighted by molar-refractivity contribution is 6.41. The van der Waals surface area contributed by atoms with Crippen molar-refractivity contribution < 1.29 is 0 Å². The molecule has 0 bridgehead atoms. The lowest BCUT2D eigenvalue weighted by Crippen LogP contribution is -2.48. The molecule has 0 radical (unpaired) electrons. The Hall–Kier alpha value is -7.94. The number of para-hydroxylation sites is 2. The third-order valence-corrected chi connectivity index (χ3v) is 21.4. The van der Waals surface area contributed by atoms with Gasteiger partial charge in [0.1, 0.15) is 17.5 Å². The lowest BCUT2D eigenvalue weighted by atomic mass is 10.0. The van der Waals surface area contributed by atoms with Gasteiger partial charge in [0, 0.05) is 159 Å². The van der Waals surface area contributed by atoms with E-state index in [-0.39, 0.29) is 24.0 Å². The first-order valence-electron chi connectivity index (χ1n) is 33.9. The van der Waals surface area contributed by atoms with Gasteiger partial charge in [0.2, 0.25) is 0 Å². The molecule has 23 heteroatoms. The van der Waals surface area contributed by atoms with Gasteiger partial charge in [0.05, 0.1) is 110 Å². The van der Waals surface area contributed by atoms with Gasteiger partial charge in [-0.3, -0.25) is 39.6 Å². The Morgan fingerprint density at radius 1 is 0.374 bits per heavy atom. The van der Waals surface area contributed by atoms with Crippen LogP contribution < -0.4 is 14.7 Å². The Morgan fingerprint density at radius 3 is 1.21 bits per heavy atom. The predicted octanol–water partition coefficient (Wildman–Crippen LogP) is 16.5. The number of nitrogens with zero attached hydrogens (tertiary/aromatic N) is 17. The second kappa shape index (κ2) is 28.6. The molecule has 0 N–H and O–H groups in total. The number of rotatable bonds is 18. The van der Waals surface area contributed by atoms with Crippen LogP contribution in [0.25, 0.3) is 55.6 Å². The second-order valence-corrected chi connectivity index (χ2v) is 29.2. The van der Waals surface area contributed by atoms with Crippen LogP contribution in [0.1, 0.15) is 80.0 Å². The fourth-order valence-corrected chi connectivity index (χ4v) is 17.0. The van der Waals surface area contributed by atoms with E-state index >= 15 is 0 Å². The van der Waals surface area contributed by atoms with E-state index in [0.717, 1.165) is 142 Å². The standard InChI is InChI=1S/C76H75Cl6N17/c1-47(2)45-98-62-37-50(19-21-59(62)89-75(98)68(49-13-7-6-8-14-49)92-25-31-95(32-26-92)71-54(77)41-85-42-55(71)78)66-65(82)73(57(80)44-86-66)97-35-29-94(30-36-97)70(53-16-12-24-84-40-53)76-90-60-22-20-51(38-63(60)99(76)46-48(3)4)67-64(81)72(56(79)43-87-67)96-33-27-93(28-34-96)69(52-15-11-23-83-39-52)74-88-58-17-9-10-18-61(58)91(74)5/h6-24,37-44,47-48,68-70H,25-36,45-46H2,1-5H3. The van der Waals surface area contributed by atoms with Crippen molar-refractivity contribution in [3.63, 3.8) is 0 Å². The molecule has 15 rings (SSSR count). The van der Waals surface area contributed by atoms with Crippen molar-refractivity contribution in [1.29, 1.82) is 0 Å². The highest BCUT2D eigenvalue weighted by atomic mass is 35.5. The van der Waals surface area contributed by atoms with Crippen LogP contribution in [0.15, 0.2) is 165 Å². The maximum atomic E-state index is 7.66. The fourth-order valence-electron chi connectivity index (χ4n) is 15.0. The third-order valence-electron chi connectivity index (χ3n) is 19.6. The summed E-state index contributed by atoms with van der Waals surface area (Å²) in [5, 5.41) is 3.11. The molecule has 11 heterocycles. The maximum absolute atomic E-state index is 7.66. The second-order valence-electron chi connectivity index (χ2n) is 26.8. The highest BCUT2D eigenvalue weighted by Gasteiger charge is 2.37. The predicted molar refractivity (Wildman–Crippen MR) is 402 cm³/mol. The number of pyridine rings is 5. The molecule has 3 aliphatic rings. The van der Waals surface area contributed by atoms with Crippen molar-refractivity contribution in [3.05, 3.63) is 229 Å². The number of imidazole rings is 3. The smallest absolute Gasteiger partial charge is 0.131 e. The molecule has 4 aromatic carbocycles. The molecule has 17 nitrogen and oxygen atoms in total. The molecular formula is C76H75Cl6N17. The molecule has 0 amide bonds.